The average molecular weight is 275 g/mol. The summed E-state index contributed by atoms with van der Waals surface area (Å²) in [6.07, 6.45) is 0. The van der Waals surface area contributed by atoms with Gasteiger partial charge < -0.3 is 10.6 Å². The number of carbonyl (C=O) groups is 1. The zero-order valence-electron chi connectivity index (χ0n) is 10.4. The van der Waals surface area contributed by atoms with Gasteiger partial charge in [0.1, 0.15) is 0 Å². The Kier molecular flexibility index (Phi) is 5.43. The molecule has 5 heteroatoms. The van der Waals surface area contributed by atoms with Crippen molar-refractivity contribution >= 4 is 28.8 Å². The largest absolute Gasteiger partial charge is 0.336 e. The highest BCUT2D eigenvalue weighted by atomic mass is 35.5. The van der Waals surface area contributed by atoms with E-state index in [-0.39, 0.29) is 11.8 Å². The minimum Gasteiger partial charge on any atom is -0.336 e. The van der Waals surface area contributed by atoms with Crippen molar-refractivity contribution in [1.82, 2.24) is 4.90 Å². The Morgan fingerprint density at radius 2 is 2.18 bits per heavy atom. The zero-order valence-corrected chi connectivity index (χ0v) is 12.0. The fourth-order valence-electron chi connectivity index (χ4n) is 1.47. The lowest BCUT2D eigenvalue weighted by atomic mass is 10.0. The smallest absolute Gasteiger partial charge is 0.240 e. The van der Waals surface area contributed by atoms with Crippen LogP contribution >= 0.6 is 22.9 Å². The molecular weight excluding hydrogens is 256 g/mol. The number of hydrogen-bond donors (Lipinski definition) is 1. The van der Waals surface area contributed by atoms with Gasteiger partial charge in [-0.15, -0.1) is 11.3 Å². The number of thiophene rings is 1. The lowest BCUT2D eigenvalue weighted by molar-refractivity contribution is -0.133. The summed E-state index contributed by atoms with van der Waals surface area (Å²) in [6, 6.07) is 3.37. The average Bonchev–Trinajstić information content (AvgIpc) is 2.69. The first-order valence-corrected chi connectivity index (χ1v) is 6.93. The Morgan fingerprint density at radius 1 is 1.53 bits per heavy atom. The number of rotatable bonds is 5. The topological polar surface area (TPSA) is 46.3 Å². The van der Waals surface area contributed by atoms with E-state index in [9.17, 15) is 4.79 Å². The molecule has 1 aromatic rings. The normalized spacial score (nSPS) is 12.8. The predicted octanol–water partition coefficient (Wildman–Crippen LogP) is 2.73. The molecule has 0 aliphatic rings. The van der Waals surface area contributed by atoms with Crippen LogP contribution < -0.4 is 5.73 Å². The molecule has 17 heavy (non-hydrogen) atoms. The van der Waals surface area contributed by atoms with E-state index in [1.54, 1.807) is 4.90 Å². The number of nitrogens with two attached hydrogens (primary N) is 1. The third kappa shape index (κ3) is 3.98. The second kappa shape index (κ2) is 6.38. The molecule has 0 aliphatic heterocycles. The molecule has 1 rings (SSSR count). The van der Waals surface area contributed by atoms with Crippen molar-refractivity contribution in [3.63, 3.8) is 0 Å². The van der Waals surface area contributed by atoms with Crippen LogP contribution in [0.5, 0.6) is 0 Å². The Morgan fingerprint density at radius 3 is 2.59 bits per heavy atom. The minimum absolute atomic E-state index is 0.00650. The SMILES string of the molecule is CCN(Cc1ccc(Cl)s1)C(=O)C(N)C(C)C. The summed E-state index contributed by atoms with van der Waals surface area (Å²) in [7, 11) is 0. The molecule has 0 bridgehead atoms. The highest BCUT2D eigenvalue weighted by Gasteiger charge is 2.22. The van der Waals surface area contributed by atoms with Gasteiger partial charge in [-0.05, 0) is 25.0 Å². The fraction of sp³-hybridized carbons (Fsp3) is 0.583. The van der Waals surface area contributed by atoms with Crippen LogP contribution in [0.3, 0.4) is 0 Å². The number of carbonyl (C=O) groups excluding carboxylic acids is 1. The summed E-state index contributed by atoms with van der Waals surface area (Å²) < 4.78 is 0.747. The van der Waals surface area contributed by atoms with Crippen molar-refractivity contribution in [3.8, 4) is 0 Å². The maximum absolute atomic E-state index is 12.1. The molecular formula is C12H19ClN2OS. The lowest BCUT2D eigenvalue weighted by Crippen LogP contribution is -2.46. The standard InChI is InChI=1S/C12H19ClN2OS/c1-4-15(12(16)11(14)8(2)3)7-9-5-6-10(13)17-9/h5-6,8,11H,4,7,14H2,1-3H3. The van der Waals surface area contributed by atoms with E-state index in [1.165, 1.54) is 11.3 Å². The van der Waals surface area contributed by atoms with Crippen LogP contribution in [0.4, 0.5) is 0 Å². The Labute approximate surface area is 112 Å². The number of hydrogen-bond acceptors (Lipinski definition) is 3. The van der Waals surface area contributed by atoms with Crippen LogP contribution in [0, 0.1) is 5.92 Å². The number of halogens is 1. The Bertz CT molecular complexity index is 378. The molecule has 0 spiro atoms. The summed E-state index contributed by atoms with van der Waals surface area (Å²) in [4.78, 5) is 15.0. The number of nitrogens with zero attached hydrogens (tertiary/aromatic N) is 1. The molecule has 0 saturated carbocycles. The van der Waals surface area contributed by atoms with Gasteiger partial charge in [0.2, 0.25) is 5.91 Å². The first-order valence-electron chi connectivity index (χ1n) is 5.74. The quantitative estimate of drug-likeness (QED) is 0.897. The van der Waals surface area contributed by atoms with Crippen molar-refractivity contribution in [2.24, 2.45) is 11.7 Å². The third-order valence-electron chi connectivity index (χ3n) is 2.67. The van der Waals surface area contributed by atoms with E-state index in [1.807, 2.05) is 32.9 Å². The van der Waals surface area contributed by atoms with Gasteiger partial charge in [0, 0.05) is 11.4 Å². The van der Waals surface area contributed by atoms with E-state index in [0.29, 0.717) is 13.1 Å². The molecule has 1 heterocycles. The minimum atomic E-state index is -0.426. The Hall–Kier alpha value is -0.580. The highest BCUT2D eigenvalue weighted by molar-refractivity contribution is 7.16. The summed E-state index contributed by atoms with van der Waals surface area (Å²) in [6.45, 7) is 7.12. The molecule has 2 N–H and O–H groups in total. The van der Waals surface area contributed by atoms with Crippen LogP contribution in [0.1, 0.15) is 25.6 Å². The van der Waals surface area contributed by atoms with Crippen LogP contribution in [0.15, 0.2) is 12.1 Å². The van der Waals surface area contributed by atoms with Gasteiger partial charge in [-0.2, -0.15) is 0 Å². The van der Waals surface area contributed by atoms with E-state index < -0.39 is 6.04 Å². The second-order valence-corrected chi connectivity index (χ2v) is 6.13. The molecule has 0 radical (unpaired) electrons. The molecule has 0 saturated heterocycles. The molecule has 1 amide bonds. The maximum Gasteiger partial charge on any atom is 0.240 e. The Balaban J connectivity index is 2.68. The van der Waals surface area contributed by atoms with Crippen molar-refractivity contribution < 1.29 is 4.79 Å². The lowest BCUT2D eigenvalue weighted by Gasteiger charge is -2.25. The molecule has 3 nitrogen and oxygen atoms in total. The van der Waals surface area contributed by atoms with Crippen LogP contribution in [-0.2, 0) is 11.3 Å². The maximum atomic E-state index is 12.1. The van der Waals surface area contributed by atoms with E-state index >= 15 is 0 Å². The highest BCUT2D eigenvalue weighted by Crippen LogP contribution is 2.23. The van der Waals surface area contributed by atoms with Crippen LogP contribution in [-0.4, -0.2) is 23.4 Å². The van der Waals surface area contributed by atoms with Gasteiger partial charge in [-0.3, -0.25) is 4.79 Å². The van der Waals surface area contributed by atoms with E-state index in [0.717, 1.165) is 9.21 Å². The van der Waals surface area contributed by atoms with Crippen LogP contribution in [0.25, 0.3) is 0 Å². The molecule has 0 aromatic carbocycles. The van der Waals surface area contributed by atoms with Gasteiger partial charge >= 0.3 is 0 Å². The molecule has 96 valence electrons. The summed E-state index contributed by atoms with van der Waals surface area (Å²) >= 11 is 7.37. The molecule has 1 unspecified atom stereocenters. The molecule has 1 atom stereocenters. The summed E-state index contributed by atoms with van der Waals surface area (Å²) in [5.74, 6) is 0.162. The van der Waals surface area contributed by atoms with Gasteiger partial charge in [-0.25, -0.2) is 0 Å². The molecule has 0 aliphatic carbocycles. The monoisotopic (exact) mass is 274 g/mol. The molecule has 0 fully saturated rings. The van der Waals surface area contributed by atoms with Crippen molar-refractivity contribution in [2.45, 2.75) is 33.4 Å². The zero-order chi connectivity index (χ0) is 13.0. The van der Waals surface area contributed by atoms with E-state index in [2.05, 4.69) is 0 Å². The number of likely N-dealkylation sites (N-methyl/N-ethyl adjacent to an activating group) is 1. The summed E-state index contributed by atoms with van der Waals surface area (Å²) in [5, 5.41) is 0. The second-order valence-electron chi connectivity index (χ2n) is 4.33. The van der Waals surface area contributed by atoms with E-state index in [4.69, 9.17) is 17.3 Å². The molecule has 1 aromatic heterocycles. The number of amides is 1. The fourth-order valence-corrected chi connectivity index (χ4v) is 2.57. The van der Waals surface area contributed by atoms with Gasteiger partial charge in [0.15, 0.2) is 0 Å². The van der Waals surface area contributed by atoms with Crippen molar-refractivity contribution in [1.29, 1.82) is 0 Å². The first-order chi connectivity index (χ1) is 7.95. The van der Waals surface area contributed by atoms with Gasteiger partial charge in [-0.1, -0.05) is 25.4 Å². The first kappa shape index (κ1) is 14.5. The van der Waals surface area contributed by atoms with Crippen LogP contribution in [0.2, 0.25) is 4.34 Å². The van der Waals surface area contributed by atoms with Crippen molar-refractivity contribution in [2.75, 3.05) is 6.54 Å². The van der Waals surface area contributed by atoms with Crippen molar-refractivity contribution in [3.05, 3.63) is 21.3 Å². The van der Waals surface area contributed by atoms with Gasteiger partial charge in [0.25, 0.3) is 0 Å². The van der Waals surface area contributed by atoms with Gasteiger partial charge in [0.05, 0.1) is 16.9 Å². The predicted molar refractivity (Wildman–Crippen MR) is 73.2 cm³/mol. The summed E-state index contributed by atoms with van der Waals surface area (Å²) in [5.41, 5.74) is 5.88. The third-order valence-corrected chi connectivity index (χ3v) is 3.89.